The van der Waals surface area contributed by atoms with Crippen molar-refractivity contribution in [1.29, 1.82) is 0 Å². The normalized spacial score (nSPS) is 28.2. The van der Waals surface area contributed by atoms with Gasteiger partial charge in [-0.25, -0.2) is 0 Å². The molecule has 1 aliphatic rings. The van der Waals surface area contributed by atoms with Crippen molar-refractivity contribution in [2.75, 3.05) is 20.3 Å². The summed E-state index contributed by atoms with van der Waals surface area (Å²) in [6.45, 7) is 10.2. The van der Waals surface area contributed by atoms with Gasteiger partial charge in [0.25, 0.3) is 0 Å². The lowest BCUT2D eigenvalue weighted by Crippen LogP contribution is -2.39. The molecule has 1 heterocycles. The summed E-state index contributed by atoms with van der Waals surface area (Å²) in [4.78, 5) is 14.4. The Labute approximate surface area is 106 Å². The molecule has 0 aromatic rings. The molecule has 0 radical (unpaired) electrons. The van der Waals surface area contributed by atoms with E-state index in [1.165, 1.54) is 0 Å². The maximum atomic E-state index is 12.4. The molecule has 100 valence electrons. The largest absolute Gasteiger partial charge is 0.384 e. The number of ether oxygens (including phenoxy) is 1. The van der Waals surface area contributed by atoms with Gasteiger partial charge in [-0.05, 0) is 19.3 Å². The molecule has 3 unspecified atom stereocenters. The SMILES string of the molecule is CCC(C)C(C)C(=O)N1CC(COC)C[C@H]1C. The summed E-state index contributed by atoms with van der Waals surface area (Å²) in [7, 11) is 1.73. The van der Waals surface area contributed by atoms with Gasteiger partial charge in [-0.1, -0.05) is 27.2 Å². The summed E-state index contributed by atoms with van der Waals surface area (Å²) in [5, 5.41) is 0. The Bertz CT molecular complexity index is 255. The molecule has 1 rings (SSSR count). The molecule has 4 atom stereocenters. The Morgan fingerprint density at radius 1 is 1.47 bits per heavy atom. The molecule has 0 aromatic heterocycles. The van der Waals surface area contributed by atoms with E-state index in [1.54, 1.807) is 7.11 Å². The Morgan fingerprint density at radius 2 is 2.12 bits per heavy atom. The highest BCUT2D eigenvalue weighted by Crippen LogP contribution is 2.27. The van der Waals surface area contributed by atoms with Gasteiger partial charge < -0.3 is 9.64 Å². The maximum Gasteiger partial charge on any atom is 0.225 e. The quantitative estimate of drug-likeness (QED) is 0.740. The van der Waals surface area contributed by atoms with Crippen LogP contribution in [0.15, 0.2) is 0 Å². The molecule has 1 saturated heterocycles. The van der Waals surface area contributed by atoms with Gasteiger partial charge in [-0.3, -0.25) is 4.79 Å². The van der Waals surface area contributed by atoms with Crippen LogP contribution in [0.4, 0.5) is 0 Å². The summed E-state index contributed by atoms with van der Waals surface area (Å²) in [6.07, 6.45) is 2.14. The van der Waals surface area contributed by atoms with E-state index in [9.17, 15) is 4.79 Å². The third kappa shape index (κ3) is 3.44. The lowest BCUT2D eigenvalue weighted by atomic mass is 9.92. The number of likely N-dealkylation sites (tertiary alicyclic amines) is 1. The van der Waals surface area contributed by atoms with Crippen LogP contribution in [0.25, 0.3) is 0 Å². The topological polar surface area (TPSA) is 29.5 Å². The number of methoxy groups -OCH3 is 1. The molecule has 0 spiro atoms. The van der Waals surface area contributed by atoms with Crippen molar-refractivity contribution in [1.82, 2.24) is 4.90 Å². The van der Waals surface area contributed by atoms with E-state index in [0.29, 0.717) is 23.8 Å². The van der Waals surface area contributed by atoms with Crippen LogP contribution in [0, 0.1) is 17.8 Å². The molecule has 1 fully saturated rings. The van der Waals surface area contributed by atoms with Gasteiger partial charge in [0.05, 0.1) is 6.61 Å². The van der Waals surface area contributed by atoms with E-state index in [0.717, 1.165) is 26.0 Å². The van der Waals surface area contributed by atoms with Crippen LogP contribution in [0.5, 0.6) is 0 Å². The van der Waals surface area contributed by atoms with Crippen LogP contribution < -0.4 is 0 Å². The number of rotatable bonds is 5. The Hall–Kier alpha value is -0.570. The van der Waals surface area contributed by atoms with Crippen molar-refractivity contribution in [3.8, 4) is 0 Å². The van der Waals surface area contributed by atoms with E-state index in [1.807, 2.05) is 0 Å². The second-order valence-electron chi connectivity index (χ2n) is 5.57. The molecule has 1 amide bonds. The number of nitrogens with zero attached hydrogens (tertiary/aromatic N) is 1. The highest BCUT2D eigenvalue weighted by Gasteiger charge is 2.35. The molecular weight excluding hydrogens is 214 g/mol. The predicted octanol–water partition coefficient (Wildman–Crippen LogP) is 2.55. The van der Waals surface area contributed by atoms with Crippen molar-refractivity contribution < 1.29 is 9.53 Å². The fraction of sp³-hybridized carbons (Fsp3) is 0.929. The Balaban J connectivity index is 2.58. The molecule has 0 saturated carbocycles. The number of carbonyl (C=O) groups is 1. The number of hydrogen-bond acceptors (Lipinski definition) is 2. The van der Waals surface area contributed by atoms with E-state index >= 15 is 0 Å². The molecule has 3 heteroatoms. The zero-order chi connectivity index (χ0) is 13.0. The third-order valence-electron chi connectivity index (χ3n) is 4.23. The van der Waals surface area contributed by atoms with Gasteiger partial charge in [0, 0.05) is 31.5 Å². The molecule has 0 aliphatic carbocycles. The smallest absolute Gasteiger partial charge is 0.225 e. The van der Waals surface area contributed by atoms with Crippen LogP contribution in [0.2, 0.25) is 0 Å². The maximum absolute atomic E-state index is 12.4. The predicted molar refractivity (Wildman–Crippen MR) is 69.8 cm³/mol. The Morgan fingerprint density at radius 3 is 2.65 bits per heavy atom. The van der Waals surface area contributed by atoms with Crippen molar-refractivity contribution in [3.05, 3.63) is 0 Å². The summed E-state index contributed by atoms with van der Waals surface area (Å²) in [6, 6.07) is 0.370. The number of carbonyl (C=O) groups excluding carboxylic acids is 1. The highest BCUT2D eigenvalue weighted by atomic mass is 16.5. The summed E-state index contributed by atoms with van der Waals surface area (Å²) < 4.78 is 5.19. The highest BCUT2D eigenvalue weighted by molar-refractivity contribution is 5.79. The van der Waals surface area contributed by atoms with Gasteiger partial charge in [0.15, 0.2) is 0 Å². The first-order valence-corrected chi connectivity index (χ1v) is 6.80. The van der Waals surface area contributed by atoms with Crippen molar-refractivity contribution >= 4 is 5.91 Å². The Kier molecular flexibility index (Phi) is 5.44. The van der Waals surface area contributed by atoms with E-state index < -0.39 is 0 Å². The van der Waals surface area contributed by atoms with Crippen molar-refractivity contribution in [3.63, 3.8) is 0 Å². The summed E-state index contributed by atoms with van der Waals surface area (Å²) >= 11 is 0. The van der Waals surface area contributed by atoms with Crippen molar-refractivity contribution in [2.45, 2.75) is 46.6 Å². The molecule has 3 nitrogen and oxygen atoms in total. The number of hydrogen-bond donors (Lipinski definition) is 0. The fourth-order valence-electron chi connectivity index (χ4n) is 2.66. The van der Waals surface area contributed by atoms with Crippen LogP contribution in [0.1, 0.15) is 40.5 Å². The van der Waals surface area contributed by atoms with Crippen LogP contribution in [0.3, 0.4) is 0 Å². The minimum Gasteiger partial charge on any atom is -0.384 e. The lowest BCUT2D eigenvalue weighted by molar-refractivity contribution is -0.137. The first-order chi connectivity index (χ1) is 8.01. The fourth-order valence-corrected chi connectivity index (χ4v) is 2.66. The van der Waals surface area contributed by atoms with E-state index in [-0.39, 0.29) is 5.92 Å². The second-order valence-corrected chi connectivity index (χ2v) is 5.57. The average molecular weight is 241 g/mol. The third-order valence-corrected chi connectivity index (χ3v) is 4.23. The standard InChI is InChI=1S/C14H27NO2/c1-6-10(2)12(4)14(16)15-8-13(9-17-5)7-11(15)3/h10-13H,6-9H2,1-5H3/t10?,11-,12?,13?/m1/s1. The first-order valence-electron chi connectivity index (χ1n) is 6.80. The molecule has 1 aliphatic heterocycles. The molecule has 0 N–H and O–H groups in total. The van der Waals surface area contributed by atoms with Gasteiger partial charge in [-0.2, -0.15) is 0 Å². The molecule has 0 bridgehead atoms. The number of amides is 1. The first kappa shape index (κ1) is 14.5. The van der Waals surface area contributed by atoms with Gasteiger partial charge in [0.2, 0.25) is 5.91 Å². The van der Waals surface area contributed by atoms with Crippen LogP contribution in [-0.2, 0) is 9.53 Å². The average Bonchev–Trinajstić information content (AvgIpc) is 2.68. The summed E-state index contributed by atoms with van der Waals surface area (Å²) in [5.41, 5.74) is 0. The van der Waals surface area contributed by atoms with Gasteiger partial charge >= 0.3 is 0 Å². The summed E-state index contributed by atoms with van der Waals surface area (Å²) in [5.74, 6) is 1.45. The van der Waals surface area contributed by atoms with Crippen LogP contribution >= 0.6 is 0 Å². The van der Waals surface area contributed by atoms with Crippen molar-refractivity contribution in [2.24, 2.45) is 17.8 Å². The van der Waals surface area contributed by atoms with E-state index in [4.69, 9.17) is 4.74 Å². The monoisotopic (exact) mass is 241 g/mol. The van der Waals surface area contributed by atoms with E-state index in [2.05, 4.69) is 32.6 Å². The molecular formula is C14H27NO2. The second kappa shape index (κ2) is 6.39. The minimum atomic E-state index is 0.142. The molecule has 17 heavy (non-hydrogen) atoms. The minimum absolute atomic E-state index is 0.142. The lowest BCUT2D eigenvalue weighted by Gasteiger charge is -2.27. The molecule has 0 aromatic carbocycles. The van der Waals surface area contributed by atoms with Gasteiger partial charge in [-0.15, -0.1) is 0 Å². The van der Waals surface area contributed by atoms with Gasteiger partial charge in [0.1, 0.15) is 0 Å². The zero-order valence-electron chi connectivity index (χ0n) is 11.9. The zero-order valence-corrected chi connectivity index (χ0v) is 11.9. The van der Waals surface area contributed by atoms with Crippen LogP contribution in [-0.4, -0.2) is 37.1 Å².